The lowest BCUT2D eigenvalue weighted by atomic mass is 10.4. The molecule has 0 atom stereocenters. The molecule has 0 unspecified atom stereocenters. The molecule has 0 N–H and O–H groups in total. The first-order valence-corrected chi connectivity index (χ1v) is 3.02. The molecule has 0 bridgehead atoms. The first-order chi connectivity index (χ1) is 5.18. The Labute approximate surface area is 64.3 Å². The van der Waals surface area contributed by atoms with Crippen molar-refractivity contribution in [2.75, 3.05) is 13.2 Å². The van der Waals surface area contributed by atoms with E-state index in [4.69, 9.17) is 5.53 Å². The third kappa shape index (κ3) is 4.99. The summed E-state index contributed by atoms with van der Waals surface area (Å²) in [6, 6.07) is 0. The van der Waals surface area contributed by atoms with Gasteiger partial charge in [0.05, 0.1) is 13.2 Å². The molecule has 11 heavy (non-hydrogen) atoms. The lowest BCUT2D eigenvalue weighted by molar-refractivity contribution is -0.138. The summed E-state index contributed by atoms with van der Waals surface area (Å²) in [7, 11) is 0. The predicted molar refractivity (Wildman–Crippen MR) is 39.8 cm³/mol. The molecule has 0 heterocycles. The molecular weight excluding hydrogens is 146 g/mol. The van der Waals surface area contributed by atoms with Gasteiger partial charge in [-0.05, 0) is 12.5 Å². The van der Waals surface area contributed by atoms with Crippen LogP contribution < -0.4 is 0 Å². The van der Waals surface area contributed by atoms with Crippen LogP contribution in [0.1, 0.15) is 6.92 Å². The molecule has 0 aromatic heterocycles. The molecule has 0 aromatic rings. The summed E-state index contributed by atoms with van der Waals surface area (Å²) in [4.78, 5) is 13.1. The van der Waals surface area contributed by atoms with Crippen molar-refractivity contribution >= 4 is 5.97 Å². The normalized spacial score (nSPS) is 8.09. The van der Waals surface area contributed by atoms with Crippen LogP contribution in [0.5, 0.6) is 0 Å². The predicted octanol–water partition coefficient (Wildman–Crippen LogP) is 1.42. The first kappa shape index (κ1) is 9.52. The van der Waals surface area contributed by atoms with Gasteiger partial charge in [-0.25, -0.2) is 4.79 Å². The summed E-state index contributed by atoms with van der Waals surface area (Å²) in [6.07, 6.45) is 0. The fraction of sp³-hybridized carbons (Fsp3) is 0.500. The molecule has 0 radical (unpaired) electrons. The average Bonchev–Trinajstić information content (AvgIpc) is 1.97. The van der Waals surface area contributed by atoms with Gasteiger partial charge in [0, 0.05) is 10.5 Å². The van der Waals surface area contributed by atoms with Gasteiger partial charge in [0.15, 0.2) is 0 Å². The van der Waals surface area contributed by atoms with Crippen molar-refractivity contribution in [1.82, 2.24) is 0 Å². The van der Waals surface area contributed by atoms with Crippen molar-refractivity contribution in [2.45, 2.75) is 6.92 Å². The van der Waals surface area contributed by atoms with E-state index in [1.807, 2.05) is 0 Å². The Balaban J connectivity index is 3.47. The van der Waals surface area contributed by atoms with Gasteiger partial charge in [-0.3, -0.25) is 0 Å². The Bertz CT molecular complexity index is 206. The van der Waals surface area contributed by atoms with E-state index in [-0.39, 0.29) is 13.2 Å². The van der Waals surface area contributed by atoms with Crippen molar-refractivity contribution in [2.24, 2.45) is 5.11 Å². The van der Waals surface area contributed by atoms with Crippen molar-refractivity contribution in [1.29, 1.82) is 0 Å². The number of esters is 1. The highest BCUT2D eigenvalue weighted by Crippen LogP contribution is 1.91. The molecule has 0 amide bonds. The van der Waals surface area contributed by atoms with Gasteiger partial charge in [0.2, 0.25) is 0 Å². The second-order valence-electron chi connectivity index (χ2n) is 1.87. The van der Waals surface area contributed by atoms with Crippen LogP contribution in [-0.2, 0) is 9.53 Å². The number of carbonyl (C=O) groups excluding carboxylic acids is 1. The monoisotopic (exact) mass is 155 g/mol. The summed E-state index contributed by atoms with van der Waals surface area (Å²) in [5.41, 5.74) is 8.18. The number of nitrogens with zero attached hydrogens (tertiary/aromatic N) is 3. The number of ether oxygens (including phenoxy) is 1. The Morgan fingerprint density at radius 2 is 2.45 bits per heavy atom. The summed E-state index contributed by atoms with van der Waals surface area (Å²) >= 11 is 0. The van der Waals surface area contributed by atoms with Crippen molar-refractivity contribution in [3.63, 3.8) is 0 Å². The van der Waals surface area contributed by atoms with Crippen molar-refractivity contribution in [3.05, 3.63) is 22.6 Å². The number of carbonyl (C=O) groups is 1. The molecule has 0 saturated heterocycles. The van der Waals surface area contributed by atoms with Gasteiger partial charge in [-0.15, -0.1) is 0 Å². The zero-order valence-electron chi connectivity index (χ0n) is 6.28. The Hall–Kier alpha value is -1.48. The number of azide groups is 1. The van der Waals surface area contributed by atoms with Gasteiger partial charge < -0.3 is 4.74 Å². The zero-order valence-corrected chi connectivity index (χ0v) is 6.28. The third-order valence-electron chi connectivity index (χ3n) is 0.836. The fourth-order valence-corrected chi connectivity index (χ4v) is 0.347. The van der Waals surface area contributed by atoms with Crippen LogP contribution in [0, 0.1) is 0 Å². The molecule has 0 aliphatic rings. The molecule has 5 heteroatoms. The van der Waals surface area contributed by atoms with E-state index < -0.39 is 5.97 Å². The Morgan fingerprint density at radius 3 is 2.91 bits per heavy atom. The maximum atomic E-state index is 10.6. The smallest absolute Gasteiger partial charge is 0.333 e. The van der Waals surface area contributed by atoms with Crippen LogP contribution in [0.15, 0.2) is 17.3 Å². The van der Waals surface area contributed by atoms with Gasteiger partial charge >= 0.3 is 5.97 Å². The van der Waals surface area contributed by atoms with E-state index in [9.17, 15) is 4.79 Å². The number of rotatable bonds is 4. The third-order valence-corrected chi connectivity index (χ3v) is 0.836. The van der Waals surface area contributed by atoms with E-state index in [1.54, 1.807) is 6.92 Å². The maximum absolute atomic E-state index is 10.6. The van der Waals surface area contributed by atoms with Gasteiger partial charge in [0.1, 0.15) is 0 Å². The van der Waals surface area contributed by atoms with Crippen LogP contribution in [0.4, 0.5) is 0 Å². The second kappa shape index (κ2) is 5.32. The van der Waals surface area contributed by atoms with Gasteiger partial charge in [-0.1, -0.05) is 11.7 Å². The highest BCUT2D eigenvalue weighted by Gasteiger charge is 2.00. The minimum atomic E-state index is -0.460. The second-order valence-corrected chi connectivity index (χ2v) is 1.87. The minimum Gasteiger partial charge on any atom is -0.462 e. The minimum absolute atomic E-state index is 0.107. The lowest BCUT2D eigenvalue weighted by Gasteiger charge is -1.99. The quantitative estimate of drug-likeness (QED) is 0.154. The summed E-state index contributed by atoms with van der Waals surface area (Å²) in [5, 5.41) is 3.18. The number of hydrogen-bond donors (Lipinski definition) is 0. The molecule has 0 rings (SSSR count). The standard InChI is InChI=1S/C6H9N3O2/c1-5(2)6(10)11-4-3-8-9-7/h1,3-4H2,2H3. The van der Waals surface area contributed by atoms with Crippen LogP contribution in [0.2, 0.25) is 0 Å². The highest BCUT2D eigenvalue weighted by molar-refractivity contribution is 5.86. The van der Waals surface area contributed by atoms with Crippen LogP contribution in [0.3, 0.4) is 0 Å². The molecule has 0 aliphatic heterocycles. The van der Waals surface area contributed by atoms with E-state index in [2.05, 4.69) is 21.3 Å². The molecule has 0 aromatic carbocycles. The topological polar surface area (TPSA) is 75.1 Å². The Morgan fingerprint density at radius 1 is 1.82 bits per heavy atom. The summed E-state index contributed by atoms with van der Waals surface area (Å²) in [6.45, 7) is 5.20. The zero-order chi connectivity index (χ0) is 8.69. The number of hydrogen-bond acceptors (Lipinski definition) is 3. The lowest BCUT2D eigenvalue weighted by Crippen LogP contribution is -2.07. The molecule has 60 valence electrons. The maximum Gasteiger partial charge on any atom is 0.333 e. The SMILES string of the molecule is C=C(C)C(=O)OCCN=[N+]=[N-]. The molecule has 0 fully saturated rings. The largest absolute Gasteiger partial charge is 0.462 e. The van der Waals surface area contributed by atoms with Gasteiger partial charge in [0.25, 0.3) is 0 Å². The van der Waals surface area contributed by atoms with Crippen LogP contribution in [0.25, 0.3) is 10.4 Å². The van der Waals surface area contributed by atoms with E-state index in [0.29, 0.717) is 5.57 Å². The Kier molecular flexibility index (Phi) is 4.60. The summed E-state index contributed by atoms with van der Waals surface area (Å²) < 4.78 is 4.60. The fourth-order valence-electron chi connectivity index (χ4n) is 0.347. The van der Waals surface area contributed by atoms with Crippen LogP contribution in [-0.4, -0.2) is 19.1 Å². The van der Waals surface area contributed by atoms with E-state index in [0.717, 1.165) is 0 Å². The van der Waals surface area contributed by atoms with E-state index >= 15 is 0 Å². The van der Waals surface area contributed by atoms with E-state index in [1.165, 1.54) is 0 Å². The molecule has 5 nitrogen and oxygen atoms in total. The highest BCUT2D eigenvalue weighted by atomic mass is 16.5. The molecule has 0 saturated carbocycles. The van der Waals surface area contributed by atoms with Crippen molar-refractivity contribution in [3.8, 4) is 0 Å². The molecule has 0 aliphatic carbocycles. The van der Waals surface area contributed by atoms with Gasteiger partial charge in [-0.2, -0.15) is 0 Å². The molecular formula is C6H9N3O2. The van der Waals surface area contributed by atoms with Crippen LogP contribution >= 0.6 is 0 Å². The first-order valence-electron chi connectivity index (χ1n) is 3.02. The summed E-state index contributed by atoms with van der Waals surface area (Å²) in [5.74, 6) is -0.460. The average molecular weight is 155 g/mol. The molecule has 0 spiro atoms. The van der Waals surface area contributed by atoms with Crippen molar-refractivity contribution < 1.29 is 9.53 Å².